The van der Waals surface area contributed by atoms with Crippen LogP contribution in [0.25, 0.3) is 0 Å². The quantitative estimate of drug-likeness (QED) is 0.311. The van der Waals surface area contributed by atoms with Gasteiger partial charge in [0.1, 0.15) is 23.9 Å². The van der Waals surface area contributed by atoms with E-state index in [0.29, 0.717) is 9.87 Å². The Bertz CT molecular complexity index is 1310. The summed E-state index contributed by atoms with van der Waals surface area (Å²) in [5.74, 6) is -2.29. The van der Waals surface area contributed by atoms with Gasteiger partial charge in [-0.1, -0.05) is 43.1 Å². The first-order chi connectivity index (χ1) is 17.3. The van der Waals surface area contributed by atoms with E-state index in [1.165, 1.54) is 24.3 Å². The van der Waals surface area contributed by atoms with Gasteiger partial charge in [-0.15, -0.1) is 0 Å². The van der Waals surface area contributed by atoms with E-state index in [9.17, 15) is 22.8 Å². The molecule has 0 aliphatic carbocycles. The number of carbonyl (C=O) groups excluding carboxylic acids is 3. The summed E-state index contributed by atoms with van der Waals surface area (Å²) in [5.41, 5.74) is 0.275. The molecule has 0 bridgehead atoms. The molecule has 0 unspecified atom stereocenters. The molecule has 10 nitrogen and oxygen atoms in total. The molecule has 0 saturated carbocycles. The Hall–Kier alpha value is -2.86. The molecule has 0 aromatic heterocycles. The molecule has 0 N–H and O–H groups in total. The molecule has 0 spiro atoms. The highest BCUT2D eigenvalue weighted by Gasteiger charge is 2.44. The molecule has 200 valence electrons. The van der Waals surface area contributed by atoms with Crippen LogP contribution in [0.5, 0.6) is 5.75 Å². The molecule has 13 heteroatoms. The largest absolute Gasteiger partial charge is 0.490 e. The fourth-order valence-corrected chi connectivity index (χ4v) is 5.58. The second kappa shape index (κ2) is 11.7. The molecule has 3 rings (SSSR count). The van der Waals surface area contributed by atoms with Crippen LogP contribution in [0, 0.1) is 0 Å². The highest BCUT2D eigenvalue weighted by molar-refractivity contribution is 7.90. The molecule has 37 heavy (non-hydrogen) atoms. The van der Waals surface area contributed by atoms with Crippen LogP contribution in [0.1, 0.15) is 46.0 Å². The number of esters is 2. The molecule has 1 heterocycles. The molecular formula is C24H26Cl2N2O8S. The Morgan fingerprint density at radius 2 is 1.70 bits per heavy atom. The van der Waals surface area contributed by atoms with E-state index < -0.39 is 34.6 Å². The Kier molecular flexibility index (Phi) is 9.06. The van der Waals surface area contributed by atoms with Crippen molar-refractivity contribution in [3.63, 3.8) is 0 Å². The Balaban J connectivity index is 1.79. The Morgan fingerprint density at radius 3 is 2.30 bits per heavy atom. The lowest BCUT2D eigenvalue weighted by atomic mass is 9.96. The topological polar surface area (TPSA) is 120 Å². The van der Waals surface area contributed by atoms with E-state index in [-0.39, 0.29) is 57.5 Å². The molecule has 0 saturated heterocycles. The fourth-order valence-electron chi connectivity index (χ4n) is 3.56. The van der Waals surface area contributed by atoms with Crippen LogP contribution in [-0.2, 0) is 24.3 Å². The molecule has 2 aromatic carbocycles. The molecule has 2 aromatic rings. The lowest BCUT2D eigenvalue weighted by Crippen LogP contribution is -2.33. The van der Waals surface area contributed by atoms with Crippen molar-refractivity contribution < 1.29 is 37.0 Å². The average Bonchev–Trinajstić information content (AvgIpc) is 2.99. The lowest BCUT2D eigenvalue weighted by molar-refractivity contribution is -0.145. The smallest absolute Gasteiger partial charge is 0.342 e. The summed E-state index contributed by atoms with van der Waals surface area (Å²) >= 11 is 12.0. The van der Waals surface area contributed by atoms with Crippen molar-refractivity contribution in [3.8, 4) is 5.75 Å². The standard InChI is InChI=1S/C24H26Cl2N2O8S/c1-14(2)16-10-15(34-8-9-35-20(29)12-27(3)4)11-19-21(16)23(30)28(37(19,32)33)13-36-24(31)22-17(25)6-5-7-18(22)26/h5-7,10-11,14H,8-9,12-13H2,1-4H3. The summed E-state index contributed by atoms with van der Waals surface area (Å²) in [5, 5.41) is 0.0420. The molecule has 0 radical (unpaired) electrons. The summed E-state index contributed by atoms with van der Waals surface area (Å²) < 4.78 is 42.8. The molecule has 0 fully saturated rings. The van der Waals surface area contributed by atoms with Gasteiger partial charge in [-0.25, -0.2) is 13.2 Å². The van der Waals surface area contributed by atoms with Gasteiger partial charge in [0.2, 0.25) is 0 Å². The first-order valence-corrected chi connectivity index (χ1v) is 13.3. The third-order valence-corrected chi connectivity index (χ3v) is 7.64. The van der Waals surface area contributed by atoms with Crippen LogP contribution < -0.4 is 4.74 Å². The van der Waals surface area contributed by atoms with Gasteiger partial charge in [0.25, 0.3) is 15.9 Å². The SMILES string of the molecule is CC(C)c1cc(OCCOC(=O)CN(C)C)cc2c1C(=O)N(COC(=O)c1c(Cl)cccc1Cl)S2(=O)=O. The van der Waals surface area contributed by atoms with Crippen LogP contribution in [0.2, 0.25) is 10.0 Å². The second-order valence-corrected chi connectivity index (χ2v) is 11.3. The number of benzene rings is 2. The number of ether oxygens (including phenoxy) is 3. The van der Waals surface area contributed by atoms with Crippen molar-refractivity contribution in [2.24, 2.45) is 0 Å². The van der Waals surface area contributed by atoms with Gasteiger partial charge in [-0.3, -0.25) is 14.5 Å². The molecule has 1 aliphatic rings. The van der Waals surface area contributed by atoms with Gasteiger partial charge in [0.15, 0.2) is 6.73 Å². The second-order valence-electron chi connectivity index (χ2n) is 8.66. The molecular weight excluding hydrogens is 547 g/mol. The van der Waals surface area contributed by atoms with Crippen LogP contribution in [-0.4, -0.2) is 76.1 Å². The third-order valence-electron chi connectivity index (χ3n) is 5.28. The van der Waals surface area contributed by atoms with Gasteiger partial charge in [-0.05, 0) is 43.8 Å². The van der Waals surface area contributed by atoms with Gasteiger partial charge < -0.3 is 14.2 Å². The van der Waals surface area contributed by atoms with Crippen molar-refractivity contribution in [1.82, 2.24) is 9.21 Å². The zero-order valence-corrected chi connectivity index (χ0v) is 22.9. The number of fused-ring (bicyclic) bond motifs is 1. The van der Waals surface area contributed by atoms with Crippen molar-refractivity contribution >= 4 is 51.1 Å². The van der Waals surface area contributed by atoms with Gasteiger partial charge >= 0.3 is 11.9 Å². The fraction of sp³-hybridized carbons (Fsp3) is 0.375. The van der Waals surface area contributed by atoms with Crippen molar-refractivity contribution in [3.05, 3.63) is 57.1 Å². The first-order valence-electron chi connectivity index (χ1n) is 11.1. The lowest BCUT2D eigenvalue weighted by Gasteiger charge is -2.16. The van der Waals surface area contributed by atoms with Gasteiger partial charge in [0.05, 0.1) is 27.7 Å². The maximum absolute atomic E-state index is 13.3. The van der Waals surface area contributed by atoms with E-state index in [1.807, 2.05) is 0 Å². The molecule has 0 atom stereocenters. The zero-order chi connectivity index (χ0) is 27.5. The van der Waals surface area contributed by atoms with Crippen molar-refractivity contribution in [2.45, 2.75) is 24.7 Å². The summed E-state index contributed by atoms with van der Waals surface area (Å²) in [6, 6.07) is 7.18. The number of hydrogen-bond donors (Lipinski definition) is 0. The van der Waals surface area contributed by atoms with E-state index in [0.717, 1.165) is 0 Å². The Labute approximate surface area is 225 Å². The minimum atomic E-state index is -4.36. The van der Waals surface area contributed by atoms with Crippen LogP contribution in [0.15, 0.2) is 35.2 Å². The van der Waals surface area contributed by atoms with E-state index >= 15 is 0 Å². The van der Waals surface area contributed by atoms with Gasteiger partial charge in [-0.2, -0.15) is 4.31 Å². The van der Waals surface area contributed by atoms with E-state index in [1.54, 1.807) is 38.9 Å². The van der Waals surface area contributed by atoms with Crippen molar-refractivity contribution in [2.75, 3.05) is 40.6 Å². The maximum Gasteiger partial charge on any atom is 0.342 e. The average molecular weight is 573 g/mol. The maximum atomic E-state index is 13.3. The number of sulfonamides is 1. The third kappa shape index (κ3) is 6.35. The zero-order valence-electron chi connectivity index (χ0n) is 20.6. The predicted molar refractivity (Wildman–Crippen MR) is 136 cm³/mol. The van der Waals surface area contributed by atoms with Crippen molar-refractivity contribution in [1.29, 1.82) is 0 Å². The minimum absolute atomic E-state index is 0.0210. The number of halogens is 2. The number of hydrogen-bond acceptors (Lipinski definition) is 9. The minimum Gasteiger partial charge on any atom is -0.490 e. The van der Waals surface area contributed by atoms with E-state index in [4.69, 9.17) is 37.4 Å². The predicted octanol–water partition coefficient (Wildman–Crippen LogP) is 3.56. The number of rotatable bonds is 10. The van der Waals surface area contributed by atoms with Crippen LogP contribution in [0.4, 0.5) is 0 Å². The normalized spacial score (nSPS) is 14.2. The number of carbonyl (C=O) groups is 3. The van der Waals surface area contributed by atoms with E-state index in [2.05, 4.69) is 0 Å². The monoisotopic (exact) mass is 572 g/mol. The van der Waals surface area contributed by atoms with Crippen LogP contribution in [0.3, 0.4) is 0 Å². The summed E-state index contributed by atoms with van der Waals surface area (Å²) in [7, 11) is -0.900. The highest BCUT2D eigenvalue weighted by Crippen LogP contribution is 2.38. The highest BCUT2D eigenvalue weighted by atomic mass is 35.5. The number of amides is 1. The molecule has 1 aliphatic heterocycles. The van der Waals surface area contributed by atoms with Crippen LogP contribution >= 0.6 is 23.2 Å². The van der Waals surface area contributed by atoms with Gasteiger partial charge in [0, 0.05) is 6.07 Å². The summed E-state index contributed by atoms with van der Waals surface area (Å²) in [4.78, 5) is 38.7. The summed E-state index contributed by atoms with van der Waals surface area (Å²) in [6.07, 6.45) is 0. The first kappa shape index (κ1) is 28.7. The summed E-state index contributed by atoms with van der Waals surface area (Å²) in [6.45, 7) is 2.77. The Morgan fingerprint density at radius 1 is 1.05 bits per heavy atom. The number of likely N-dealkylation sites (N-methyl/N-ethyl adjacent to an activating group) is 1. The molecule has 1 amide bonds. The number of nitrogens with zero attached hydrogens (tertiary/aromatic N) is 2.